The van der Waals surface area contributed by atoms with E-state index in [4.69, 9.17) is 15.4 Å². The van der Waals surface area contributed by atoms with E-state index in [1.165, 1.54) is 11.1 Å². The van der Waals surface area contributed by atoms with Gasteiger partial charge < -0.3 is 4.74 Å². The fraction of sp³-hybridized carbons (Fsp3) is 0.538. The Hall–Kier alpha value is -0.580. The van der Waals surface area contributed by atoms with Crippen molar-refractivity contribution in [1.82, 2.24) is 0 Å². The van der Waals surface area contributed by atoms with Crippen LogP contribution in [-0.4, -0.2) is 26.9 Å². The highest BCUT2D eigenvalue weighted by atomic mass is 35.7. The van der Waals surface area contributed by atoms with E-state index >= 15 is 0 Å². The zero-order chi connectivity index (χ0) is 13.2. The van der Waals surface area contributed by atoms with Gasteiger partial charge in [0.05, 0.1) is 11.9 Å². The Morgan fingerprint density at radius 2 is 2.11 bits per heavy atom. The average Bonchev–Trinajstić information content (AvgIpc) is 2.31. The topological polar surface area (TPSA) is 43.4 Å². The number of rotatable bonds is 3. The molecule has 1 fully saturated rings. The standard InChI is InChI=1S/C13H17ClO3S/c1-10-4-2-3-5-11(10)8-12-9-17-7-6-13(12)18(14,15)16/h2-5,12-13H,6-9H2,1H3/t12-,13+/m0/s1. The summed E-state index contributed by atoms with van der Waals surface area (Å²) in [6.45, 7) is 2.97. The van der Waals surface area contributed by atoms with Gasteiger partial charge in [-0.3, -0.25) is 0 Å². The van der Waals surface area contributed by atoms with Crippen molar-refractivity contribution in [2.45, 2.75) is 25.0 Å². The Kier molecular flexibility index (Phi) is 4.30. The number of benzene rings is 1. The number of hydrogen-bond donors (Lipinski definition) is 0. The smallest absolute Gasteiger partial charge is 0.235 e. The van der Waals surface area contributed by atoms with Crippen LogP contribution in [0, 0.1) is 12.8 Å². The first-order valence-electron chi connectivity index (χ1n) is 6.04. The summed E-state index contributed by atoms with van der Waals surface area (Å²) in [6.07, 6.45) is 1.19. The van der Waals surface area contributed by atoms with Crippen LogP contribution < -0.4 is 0 Å². The predicted molar refractivity (Wildman–Crippen MR) is 72.4 cm³/mol. The van der Waals surface area contributed by atoms with Crippen molar-refractivity contribution < 1.29 is 13.2 Å². The highest BCUT2D eigenvalue weighted by Gasteiger charge is 2.35. The lowest BCUT2D eigenvalue weighted by Gasteiger charge is -2.29. The van der Waals surface area contributed by atoms with Gasteiger partial charge in [0.25, 0.3) is 0 Å². The first-order valence-corrected chi connectivity index (χ1v) is 8.41. The Balaban J connectivity index is 2.18. The van der Waals surface area contributed by atoms with Crippen molar-refractivity contribution in [2.75, 3.05) is 13.2 Å². The van der Waals surface area contributed by atoms with E-state index in [1.54, 1.807) is 0 Å². The van der Waals surface area contributed by atoms with Crippen molar-refractivity contribution in [2.24, 2.45) is 5.92 Å². The number of aryl methyl sites for hydroxylation is 1. The van der Waals surface area contributed by atoms with Gasteiger partial charge in [-0.15, -0.1) is 0 Å². The van der Waals surface area contributed by atoms with Gasteiger partial charge in [-0.2, -0.15) is 0 Å². The van der Waals surface area contributed by atoms with Crippen LogP contribution in [0.1, 0.15) is 17.5 Å². The van der Waals surface area contributed by atoms with Crippen LogP contribution in [0.5, 0.6) is 0 Å². The van der Waals surface area contributed by atoms with Crippen LogP contribution in [0.15, 0.2) is 24.3 Å². The van der Waals surface area contributed by atoms with Crippen LogP contribution >= 0.6 is 10.7 Å². The zero-order valence-corrected chi connectivity index (χ0v) is 11.9. The normalized spacial score (nSPS) is 25.0. The molecule has 1 aromatic carbocycles. The maximum absolute atomic E-state index is 11.6. The monoisotopic (exact) mass is 288 g/mol. The Bertz CT molecular complexity index is 513. The molecule has 0 unspecified atom stereocenters. The van der Waals surface area contributed by atoms with Gasteiger partial charge in [0.15, 0.2) is 0 Å². The van der Waals surface area contributed by atoms with E-state index in [9.17, 15) is 8.42 Å². The highest BCUT2D eigenvalue weighted by Crippen LogP contribution is 2.28. The molecule has 3 nitrogen and oxygen atoms in total. The Morgan fingerprint density at radius 1 is 1.39 bits per heavy atom. The van der Waals surface area contributed by atoms with Crippen LogP contribution in [0.2, 0.25) is 0 Å². The van der Waals surface area contributed by atoms with E-state index < -0.39 is 14.3 Å². The third-order valence-corrected chi connectivity index (χ3v) is 5.54. The molecule has 0 amide bonds. The molecule has 0 saturated carbocycles. The van der Waals surface area contributed by atoms with Gasteiger partial charge in [0, 0.05) is 23.2 Å². The molecule has 18 heavy (non-hydrogen) atoms. The maximum Gasteiger partial charge on any atom is 0.235 e. The summed E-state index contributed by atoms with van der Waals surface area (Å²) in [7, 11) is 2.01. The molecule has 1 aliphatic heterocycles. The second-order valence-electron chi connectivity index (χ2n) is 4.77. The van der Waals surface area contributed by atoms with Crippen LogP contribution in [0.3, 0.4) is 0 Å². The minimum Gasteiger partial charge on any atom is -0.381 e. The van der Waals surface area contributed by atoms with E-state index in [0.717, 1.165) is 0 Å². The van der Waals surface area contributed by atoms with Crippen molar-refractivity contribution >= 4 is 19.7 Å². The van der Waals surface area contributed by atoms with Crippen molar-refractivity contribution in [3.63, 3.8) is 0 Å². The molecule has 1 aliphatic rings. The minimum absolute atomic E-state index is 0.0534. The first-order chi connectivity index (χ1) is 8.48. The van der Waals surface area contributed by atoms with Gasteiger partial charge in [-0.25, -0.2) is 8.42 Å². The summed E-state index contributed by atoms with van der Waals surface area (Å²) in [4.78, 5) is 0. The van der Waals surface area contributed by atoms with Crippen molar-refractivity contribution in [3.05, 3.63) is 35.4 Å². The fourth-order valence-electron chi connectivity index (χ4n) is 2.46. The lowest BCUT2D eigenvalue weighted by atomic mass is 9.91. The van der Waals surface area contributed by atoms with Crippen LogP contribution in [0.4, 0.5) is 0 Å². The summed E-state index contributed by atoms with van der Waals surface area (Å²) < 4.78 is 28.6. The summed E-state index contributed by atoms with van der Waals surface area (Å²) in [5, 5.41) is -0.493. The minimum atomic E-state index is -3.52. The Labute approximate surface area is 113 Å². The molecule has 5 heteroatoms. The molecular formula is C13H17ClO3S. The molecule has 100 valence electrons. The molecule has 1 heterocycles. The van der Waals surface area contributed by atoms with Gasteiger partial charge in [0.1, 0.15) is 0 Å². The molecular weight excluding hydrogens is 272 g/mol. The van der Waals surface area contributed by atoms with Gasteiger partial charge >= 0.3 is 0 Å². The predicted octanol–water partition coefficient (Wildman–Crippen LogP) is 2.51. The number of halogens is 1. The SMILES string of the molecule is Cc1ccccc1C[C@H]1COCC[C@H]1S(=O)(=O)Cl. The molecule has 0 radical (unpaired) electrons. The second kappa shape index (κ2) is 5.59. The molecule has 1 saturated heterocycles. The lowest BCUT2D eigenvalue weighted by molar-refractivity contribution is 0.0576. The molecule has 1 aromatic rings. The van der Waals surface area contributed by atoms with Crippen molar-refractivity contribution in [1.29, 1.82) is 0 Å². The third-order valence-electron chi connectivity index (χ3n) is 3.51. The third kappa shape index (κ3) is 3.25. The largest absolute Gasteiger partial charge is 0.381 e. The Morgan fingerprint density at radius 3 is 2.78 bits per heavy atom. The fourth-order valence-corrected chi connectivity index (χ4v) is 4.18. The number of ether oxygens (including phenoxy) is 1. The lowest BCUT2D eigenvalue weighted by Crippen LogP contribution is -2.37. The summed E-state index contributed by atoms with van der Waals surface area (Å²) in [6, 6.07) is 8.01. The van der Waals surface area contributed by atoms with E-state index in [-0.39, 0.29) is 5.92 Å². The summed E-state index contributed by atoms with van der Waals surface area (Å²) in [5.74, 6) is -0.0534. The summed E-state index contributed by atoms with van der Waals surface area (Å²) in [5.41, 5.74) is 2.34. The molecule has 0 spiro atoms. The summed E-state index contributed by atoms with van der Waals surface area (Å²) >= 11 is 0. The maximum atomic E-state index is 11.6. The van der Waals surface area contributed by atoms with Gasteiger partial charge in [0.2, 0.25) is 9.05 Å². The molecule has 2 rings (SSSR count). The van der Waals surface area contributed by atoms with Gasteiger partial charge in [-0.1, -0.05) is 24.3 Å². The second-order valence-corrected chi connectivity index (χ2v) is 7.62. The van der Waals surface area contributed by atoms with Crippen LogP contribution in [0.25, 0.3) is 0 Å². The molecule has 2 atom stereocenters. The number of hydrogen-bond acceptors (Lipinski definition) is 3. The molecule has 0 N–H and O–H groups in total. The highest BCUT2D eigenvalue weighted by molar-refractivity contribution is 8.14. The van der Waals surface area contributed by atoms with E-state index in [2.05, 4.69) is 0 Å². The zero-order valence-electron chi connectivity index (χ0n) is 10.3. The molecule has 0 aliphatic carbocycles. The molecule has 0 bridgehead atoms. The van der Waals surface area contributed by atoms with Crippen LogP contribution in [-0.2, 0) is 20.2 Å². The average molecular weight is 289 g/mol. The van der Waals surface area contributed by atoms with E-state index in [1.807, 2.05) is 31.2 Å². The van der Waals surface area contributed by atoms with Crippen molar-refractivity contribution in [3.8, 4) is 0 Å². The van der Waals surface area contributed by atoms with E-state index in [0.29, 0.717) is 26.1 Å². The quantitative estimate of drug-likeness (QED) is 0.803. The van der Waals surface area contributed by atoms with Gasteiger partial charge in [-0.05, 0) is 30.9 Å². The molecule has 0 aromatic heterocycles. The first kappa shape index (κ1) is 13.8.